The second-order valence-corrected chi connectivity index (χ2v) is 3.66. The molecule has 1 atom stereocenters. The molecule has 0 fully saturated rings. The van der Waals surface area contributed by atoms with Gasteiger partial charge in [0.05, 0.1) is 11.5 Å². The number of aliphatic hydroxyl groups excluding tert-OH is 1. The zero-order chi connectivity index (χ0) is 13.5. The first-order valence-corrected chi connectivity index (χ1v) is 5.31. The summed E-state index contributed by atoms with van der Waals surface area (Å²) in [6.07, 6.45) is 0. The van der Waals surface area contributed by atoms with Crippen LogP contribution in [0, 0.1) is 10.1 Å². The zero-order valence-corrected chi connectivity index (χ0v) is 9.83. The molecule has 7 heteroatoms. The molecule has 1 rings (SSSR count). The molecule has 1 aromatic carbocycles. The Morgan fingerprint density at radius 2 is 2.22 bits per heavy atom. The number of hydrogen-bond acceptors (Lipinski definition) is 5. The van der Waals surface area contributed by atoms with Gasteiger partial charge in [0.2, 0.25) is 0 Å². The van der Waals surface area contributed by atoms with Crippen LogP contribution in [0.3, 0.4) is 0 Å². The van der Waals surface area contributed by atoms with Gasteiger partial charge in [-0.2, -0.15) is 0 Å². The van der Waals surface area contributed by atoms with E-state index in [1.54, 1.807) is 13.0 Å². The van der Waals surface area contributed by atoms with E-state index in [1.165, 1.54) is 18.2 Å². The summed E-state index contributed by atoms with van der Waals surface area (Å²) >= 11 is 0. The van der Waals surface area contributed by atoms with Crippen LogP contribution in [0.15, 0.2) is 24.3 Å². The first kappa shape index (κ1) is 13.9. The van der Waals surface area contributed by atoms with Gasteiger partial charge in [0.25, 0.3) is 5.91 Å². The number of nitrogens with zero attached hydrogens (tertiary/aromatic N) is 1. The van der Waals surface area contributed by atoms with Gasteiger partial charge in [-0.05, 0) is 13.0 Å². The first-order valence-electron chi connectivity index (χ1n) is 5.31. The molecule has 0 spiro atoms. The minimum absolute atomic E-state index is 0.0364. The Labute approximate surface area is 104 Å². The molecule has 0 aliphatic rings. The van der Waals surface area contributed by atoms with Crippen LogP contribution in [0.1, 0.15) is 6.92 Å². The van der Waals surface area contributed by atoms with Crippen LogP contribution < -0.4 is 10.1 Å². The largest absolute Gasteiger partial charge is 0.477 e. The molecule has 1 aromatic rings. The molecule has 7 nitrogen and oxygen atoms in total. The third-order valence-corrected chi connectivity index (χ3v) is 2.10. The fourth-order valence-corrected chi connectivity index (χ4v) is 1.24. The number of aliphatic hydroxyl groups is 1. The van der Waals surface area contributed by atoms with Gasteiger partial charge in [0.1, 0.15) is 0 Å². The minimum atomic E-state index is -0.580. The van der Waals surface area contributed by atoms with Crippen LogP contribution in [0.2, 0.25) is 0 Å². The molecule has 0 saturated carbocycles. The van der Waals surface area contributed by atoms with Crippen molar-refractivity contribution in [3.63, 3.8) is 0 Å². The second kappa shape index (κ2) is 6.55. The predicted molar refractivity (Wildman–Crippen MR) is 63.3 cm³/mol. The monoisotopic (exact) mass is 254 g/mol. The van der Waals surface area contributed by atoms with Gasteiger partial charge >= 0.3 is 5.69 Å². The lowest BCUT2D eigenvalue weighted by atomic mass is 10.3. The van der Waals surface area contributed by atoms with Crippen molar-refractivity contribution in [1.29, 1.82) is 0 Å². The summed E-state index contributed by atoms with van der Waals surface area (Å²) in [5, 5.41) is 21.9. The number of nitro benzene ring substituents is 1. The average Bonchev–Trinajstić information content (AvgIpc) is 2.36. The fourth-order valence-electron chi connectivity index (χ4n) is 1.24. The quantitative estimate of drug-likeness (QED) is 0.567. The van der Waals surface area contributed by atoms with E-state index >= 15 is 0 Å². The smallest absolute Gasteiger partial charge is 0.310 e. The molecule has 98 valence electrons. The lowest BCUT2D eigenvalue weighted by Crippen LogP contribution is -2.38. The lowest BCUT2D eigenvalue weighted by Gasteiger charge is -2.11. The number of carbonyl (C=O) groups is 1. The van der Waals surface area contributed by atoms with Crippen molar-refractivity contribution in [1.82, 2.24) is 5.32 Å². The zero-order valence-electron chi connectivity index (χ0n) is 9.83. The molecule has 0 heterocycles. The van der Waals surface area contributed by atoms with Gasteiger partial charge in [-0.15, -0.1) is 0 Å². The Kier molecular flexibility index (Phi) is 5.06. The summed E-state index contributed by atoms with van der Waals surface area (Å²) in [5.74, 6) is -0.413. The summed E-state index contributed by atoms with van der Waals surface area (Å²) < 4.78 is 5.07. The molecule has 0 bridgehead atoms. The van der Waals surface area contributed by atoms with Crippen molar-refractivity contribution in [3.8, 4) is 5.75 Å². The van der Waals surface area contributed by atoms with E-state index in [0.29, 0.717) is 0 Å². The van der Waals surface area contributed by atoms with Crippen molar-refractivity contribution in [2.45, 2.75) is 13.0 Å². The summed E-state index contributed by atoms with van der Waals surface area (Å²) in [6, 6.07) is 5.42. The molecule has 0 aromatic heterocycles. The molecule has 0 aliphatic carbocycles. The number of amides is 1. The van der Waals surface area contributed by atoms with Crippen molar-refractivity contribution >= 4 is 11.6 Å². The minimum Gasteiger partial charge on any atom is -0.477 e. The third-order valence-electron chi connectivity index (χ3n) is 2.10. The number of benzene rings is 1. The molecule has 0 saturated heterocycles. The molecule has 2 N–H and O–H groups in total. The van der Waals surface area contributed by atoms with E-state index in [-0.39, 0.29) is 30.7 Å². The third kappa shape index (κ3) is 4.02. The number of ether oxygens (including phenoxy) is 1. The lowest BCUT2D eigenvalue weighted by molar-refractivity contribution is -0.385. The van der Waals surface area contributed by atoms with E-state index in [0.717, 1.165) is 0 Å². The van der Waals surface area contributed by atoms with E-state index < -0.39 is 10.8 Å². The normalized spacial score (nSPS) is 11.7. The van der Waals surface area contributed by atoms with Crippen LogP contribution in [-0.2, 0) is 4.79 Å². The van der Waals surface area contributed by atoms with Crippen molar-refractivity contribution in [2.75, 3.05) is 13.2 Å². The Morgan fingerprint density at radius 1 is 1.56 bits per heavy atom. The molecule has 1 amide bonds. The van der Waals surface area contributed by atoms with Gasteiger partial charge in [0, 0.05) is 12.1 Å². The Bertz CT molecular complexity index is 435. The maximum Gasteiger partial charge on any atom is 0.310 e. The topological polar surface area (TPSA) is 102 Å². The number of rotatable bonds is 6. The predicted octanol–water partition coefficient (Wildman–Crippen LogP) is 0.471. The summed E-state index contributed by atoms with van der Waals surface area (Å²) in [5.41, 5.74) is -0.194. The maximum atomic E-state index is 11.3. The van der Waals surface area contributed by atoms with Crippen molar-refractivity contribution in [3.05, 3.63) is 34.4 Å². The highest BCUT2D eigenvalue weighted by Gasteiger charge is 2.15. The standard InChI is InChI=1S/C11H14N2O5/c1-8(6-14)12-11(15)7-18-10-5-3-2-4-9(10)13(16)17/h2-5,8,14H,6-7H2,1H3,(H,12,15)/t8-/m1/s1. The number of para-hydroxylation sites is 2. The van der Waals surface area contributed by atoms with Gasteiger partial charge < -0.3 is 15.2 Å². The summed E-state index contributed by atoms with van der Waals surface area (Å²) in [7, 11) is 0. The van der Waals surface area contributed by atoms with Crippen LogP contribution in [0.5, 0.6) is 5.75 Å². The Morgan fingerprint density at radius 3 is 2.83 bits per heavy atom. The number of carbonyl (C=O) groups excluding carboxylic acids is 1. The number of nitro groups is 1. The van der Waals surface area contributed by atoms with Crippen molar-refractivity contribution in [2.24, 2.45) is 0 Å². The van der Waals surface area contributed by atoms with E-state index in [1.807, 2.05) is 0 Å². The molecule has 0 radical (unpaired) electrons. The first-order chi connectivity index (χ1) is 8.54. The van der Waals surface area contributed by atoms with Gasteiger partial charge in [-0.3, -0.25) is 14.9 Å². The van der Waals surface area contributed by atoms with Gasteiger partial charge in [0.15, 0.2) is 12.4 Å². The molecule has 18 heavy (non-hydrogen) atoms. The molecule has 0 aliphatic heterocycles. The molecule has 0 unspecified atom stereocenters. The molecular weight excluding hydrogens is 240 g/mol. The maximum absolute atomic E-state index is 11.3. The van der Waals surface area contributed by atoms with Crippen LogP contribution in [0.4, 0.5) is 5.69 Å². The van der Waals surface area contributed by atoms with E-state index in [9.17, 15) is 14.9 Å². The van der Waals surface area contributed by atoms with Gasteiger partial charge in [-0.25, -0.2) is 0 Å². The summed E-state index contributed by atoms with van der Waals surface area (Å²) in [4.78, 5) is 21.5. The Hall–Kier alpha value is -2.15. The van der Waals surface area contributed by atoms with Crippen LogP contribution in [0.25, 0.3) is 0 Å². The highest BCUT2D eigenvalue weighted by molar-refractivity contribution is 5.77. The van der Waals surface area contributed by atoms with Gasteiger partial charge in [-0.1, -0.05) is 12.1 Å². The summed E-state index contributed by atoms with van der Waals surface area (Å²) in [6.45, 7) is 1.11. The second-order valence-electron chi connectivity index (χ2n) is 3.66. The SMILES string of the molecule is C[C@H](CO)NC(=O)COc1ccccc1[N+](=O)[O-]. The van der Waals surface area contributed by atoms with Crippen LogP contribution >= 0.6 is 0 Å². The average molecular weight is 254 g/mol. The Balaban J connectivity index is 2.58. The highest BCUT2D eigenvalue weighted by atomic mass is 16.6. The van der Waals surface area contributed by atoms with E-state index in [4.69, 9.17) is 9.84 Å². The van der Waals surface area contributed by atoms with Crippen molar-refractivity contribution < 1.29 is 19.6 Å². The highest BCUT2D eigenvalue weighted by Crippen LogP contribution is 2.25. The fraction of sp³-hybridized carbons (Fsp3) is 0.364. The number of hydrogen-bond donors (Lipinski definition) is 2. The van der Waals surface area contributed by atoms with E-state index in [2.05, 4.69) is 5.32 Å². The van der Waals surface area contributed by atoms with Crippen LogP contribution in [-0.4, -0.2) is 35.2 Å². The number of nitrogens with one attached hydrogen (secondary N) is 1. The molecular formula is C11H14N2O5.